The maximum atomic E-state index is 12.4. The monoisotopic (exact) mass is 293 g/mol. The molecule has 4 unspecified atom stereocenters. The van der Waals surface area contributed by atoms with Crippen molar-refractivity contribution >= 4 is 5.91 Å². The number of fused-ring (bicyclic) bond motifs is 1. The summed E-state index contributed by atoms with van der Waals surface area (Å²) in [6, 6.07) is 1.03. The van der Waals surface area contributed by atoms with Crippen LogP contribution in [0.5, 0.6) is 0 Å². The van der Waals surface area contributed by atoms with Crippen LogP contribution in [0.1, 0.15) is 51.9 Å². The molecular formula is C17H31N3O. The topological polar surface area (TPSA) is 44.4 Å². The molecular weight excluding hydrogens is 262 g/mol. The Kier molecular flexibility index (Phi) is 5.17. The van der Waals surface area contributed by atoms with Gasteiger partial charge < -0.3 is 10.6 Å². The Bertz CT molecular complexity index is 354. The van der Waals surface area contributed by atoms with E-state index in [1.807, 2.05) is 0 Å². The second-order valence-corrected chi connectivity index (χ2v) is 7.35. The highest BCUT2D eigenvalue weighted by Gasteiger charge is 2.36. The highest BCUT2D eigenvalue weighted by molar-refractivity contribution is 5.76. The first kappa shape index (κ1) is 15.3. The molecule has 4 heteroatoms. The zero-order valence-corrected chi connectivity index (χ0v) is 13.4. The van der Waals surface area contributed by atoms with Crippen molar-refractivity contribution in [3.05, 3.63) is 0 Å². The molecule has 0 spiro atoms. The highest BCUT2D eigenvalue weighted by atomic mass is 16.1. The summed E-state index contributed by atoms with van der Waals surface area (Å²) in [5.41, 5.74) is 0. The quantitative estimate of drug-likeness (QED) is 0.830. The molecule has 0 radical (unpaired) electrons. The van der Waals surface area contributed by atoms with Crippen LogP contribution in [0.25, 0.3) is 0 Å². The predicted molar refractivity (Wildman–Crippen MR) is 85.1 cm³/mol. The minimum absolute atomic E-state index is 0.283. The molecule has 0 bridgehead atoms. The van der Waals surface area contributed by atoms with Crippen LogP contribution in [0.4, 0.5) is 0 Å². The van der Waals surface area contributed by atoms with Gasteiger partial charge in [-0.25, -0.2) is 0 Å². The van der Waals surface area contributed by atoms with E-state index in [4.69, 9.17) is 0 Å². The summed E-state index contributed by atoms with van der Waals surface area (Å²) in [6.45, 7) is 6.90. The van der Waals surface area contributed by atoms with E-state index in [-0.39, 0.29) is 5.91 Å². The van der Waals surface area contributed by atoms with Gasteiger partial charge in [0.05, 0.1) is 0 Å². The SMILES string of the molecule is CC(CC(=O)NC1CCN2CCCCC12)C1CCCNC1. The minimum atomic E-state index is 0.283. The Labute approximate surface area is 129 Å². The number of hydrogen-bond acceptors (Lipinski definition) is 3. The average Bonchev–Trinajstić information content (AvgIpc) is 2.91. The summed E-state index contributed by atoms with van der Waals surface area (Å²) in [6.07, 6.45) is 8.33. The Balaban J connectivity index is 1.45. The molecule has 3 saturated heterocycles. The summed E-state index contributed by atoms with van der Waals surface area (Å²) in [5.74, 6) is 1.46. The van der Waals surface area contributed by atoms with Crippen molar-refractivity contribution in [3.63, 3.8) is 0 Å². The first-order valence-electron chi connectivity index (χ1n) is 8.98. The fourth-order valence-corrected chi connectivity index (χ4v) is 4.50. The Morgan fingerprint density at radius 1 is 1.24 bits per heavy atom. The molecule has 3 rings (SSSR count). The Hall–Kier alpha value is -0.610. The van der Waals surface area contributed by atoms with E-state index in [0.29, 0.717) is 30.3 Å². The molecule has 0 aromatic carbocycles. The van der Waals surface area contributed by atoms with E-state index in [0.717, 1.165) is 19.5 Å². The van der Waals surface area contributed by atoms with Crippen molar-refractivity contribution < 1.29 is 4.79 Å². The lowest BCUT2D eigenvalue weighted by molar-refractivity contribution is -0.123. The molecule has 0 aromatic heterocycles. The van der Waals surface area contributed by atoms with E-state index < -0.39 is 0 Å². The van der Waals surface area contributed by atoms with Crippen LogP contribution >= 0.6 is 0 Å². The van der Waals surface area contributed by atoms with Crippen LogP contribution in [0.3, 0.4) is 0 Å². The number of nitrogens with zero attached hydrogens (tertiary/aromatic N) is 1. The average molecular weight is 293 g/mol. The van der Waals surface area contributed by atoms with Crippen molar-refractivity contribution in [2.45, 2.75) is 64.0 Å². The van der Waals surface area contributed by atoms with Gasteiger partial charge in [0.1, 0.15) is 0 Å². The lowest BCUT2D eigenvalue weighted by Crippen LogP contribution is -2.47. The summed E-state index contributed by atoms with van der Waals surface area (Å²) in [5, 5.41) is 6.81. The van der Waals surface area contributed by atoms with Gasteiger partial charge >= 0.3 is 0 Å². The van der Waals surface area contributed by atoms with Crippen molar-refractivity contribution in [1.29, 1.82) is 0 Å². The number of piperidine rings is 2. The first-order valence-corrected chi connectivity index (χ1v) is 8.98. The maximum absolute atomic E-state index is 12.4. The van der Waals surface area contributed by atoms with Gasteiger partial charge in [0.2, 0.25) is 5.91 Å². The van der Waals surface area contributed by atoms with Crippen LogP contribution in [-0.2, 0) is 4.79 Å². The summed E-state index contributed by atoms with van der Waals surface area (Å²) >= 11 is 0. The van der Waals surface area contributed by atoms with Crippen LogP contribution in [-0.4, -0.2) is 49.1 Å². The smallest absolute Gasteiger partial charge is 0.220 e. The molecule has 3 fully saturated rings. The Morgan fingerprint density at radius 2 is 2.14 bits per heavy atom. The number of nitrogens with one attached hydrogen (secondary N) is 2. The van der Waals surface area contributed by atoms with Crippen LogP contribution in [0.15, 0.2) is 0 Å². The second kappa shape index (κ2) is 7.10. The van der Waals surface area contributed by atoms with Gasteiger partial charge in [-0.05, 0) is 63.6 Å². The van der Waals surface area contributed by atoms with Gasteiger partial charge in [-0.2, -0.15) is 0 Å². The maximum Gasteiger partial charge on any atom is 0.220 e. The Morgan fingerprint density at radius 3 is 2.95 bits per heavy atom. The van der Waals surface area contributed by atoms with Gasteiger partial charge in [0.25, 0.3) is 0 Å². The first-order chi connectivity index (χ1) is 10.2. The molecule has 21 heavy (non-hydrogen) atoms. The fourth-order valence-electron chi connectivity index (χ4n) is 4.50. The fraction of sp³-hybridized carbons (Fsp3) is 0.941. The molecule has 3 aliphatic heterocycles. The summed E-state index contributed by atoms with van der Waals surface area (Å²) < 4.78 is 0. The van der Waals surface area contributed by atoms with Crippen molar-refractivity contribution in [1.82, 2.24) is 15.5 Å². The zero-order chi connectivity index (χ0) is 14.7. The molecule has 3 aliphatic rings. The molecule has 1 amide bonds. The van der Waals surface area contributed by atoms with E-state index >= 15 is 0 Å². The zero-order valence-electron chi connectivity index (χ0n) is 13.4. The third-order valence-electron chi connectivity index (χ3n) is 5.85. The van der Waals surface area contributed by atoms with E-state index in [1.54, 1.807) is 0 Å². The van der Waals surface area contributed by atoms with Gasteiger partial charge in [-0.1, -0.05) is 13.3 Å². The van der Waals surface area contributed by atoms with Crippen LogP contribution in [0, 0.1) is 11.8 Å². The molecule has 4 atom stereocenters. The number of carbonyl (C=O) groups is 1. The number of amides is 1. The summed E-state index contributed by atoms with van der Waals surface area (Å²) in [7, 11) is 0. The molecule has 120 valence electrons. The van der Waals surface area contributed by atoms with Gasteiger partial charge in [0, 0.05) is 25.0 Å². The van der Waals surface area contributed by atoms with Crippen molar-refractivity contribution in [2.75, 3.05) is 26.2 Å². The van der Waals surface area contributed by atoms with Crippen molar-refractivity contribution in [3.8, 4) is 0 Å². The molecule has 0 saturated carbocycles. The number of hydrogen-bond donors (Lipinski definition) is 2. The van der Waals surface area contributed by atoms with E-state index in [9.17, 15) is 4.79 Å². The lowest BCUT2D eigenvalue weighted by Gasteiger charge is -2.33. The molecule has 2 N–H and O–H groups in total. The summed E-state index contributed by atoms with van der Waals surface area (Å²) in [4.78, 5) is 15.0. The largest absolute Gasteiger partial charge is 0.352 e. The van der Waals surface area contributed by atoms with E-state index in [2.05, 4.69) is 22.5 Å². The third kappa shape index (κ3) is 3.78. The minimum Gasteiger partial charge on any atom is -0.352 e. The molecule has 0 aromatic rings. The molecule has 3 heterocycles. The van der Waals surface area contributed by atoms with Crippen LogP contribution < -0.4 is 10.6 Å². The number of rotatable bonds is 4. The molecule has 0 aliphatic carbocycles. The normalized spacial score (nSPS) is 35.2. The van der Waals surface area contributed by atoms with Gasteiger partial charge in [-0.15, -0.1) is 0 Å². The van der Waals surface area contributed by atoms with E-state index in [1.165, 1.54) is 45.2 Å². The van der Waals surface area contributed by atoms with Crippen LogP contribution in [0.2, 0.25) is 0 Å². The molecule has 4 nitrogen and oxygen atoms in total. The second-order valence-electron chi connectivity index (χ2n) is 7.35. The third-order valence-corrected chi connectivity index (χ3v) is 5.85. The highest BCUT2D eigenvalue weighted by Crippen LogP contribution is 2.28. The number of carbonyl (C=O) groups excluding carboxylic acids is 1. The van der Waals surface area contributed by atoms with Crippen molar-refractivity contribution in [2.24, 2.45) is 11.8 Å². The lowest BCUT2D eigenvalue weighted by atomic mass is 9.85. The predicted octanol–water partition coefficient (Wildman–Crippen LogP) is 1.76. The van der Waals surface area contributed by atoms with Gasteiger partial charge in [0.15, 0.2) is 0 Å². The standard InChI is InChI=1S/C17H31N3O/c1-13(14-5-4-8-18-12-14)11-17(21)19-15-7-10-20-9-3-2-6-16(15)20/h13-16,18H,2-12H2,1H3,(H,19,21). The van der Waals surface area contributed by atoms with Gasteiger partial charge in [-0.3, -0.25) is 9.69 Å².